The molecule has 0 aliphatic carbocycles. The van der Waals surface area contributed by atoms with E-state index in [1.54, 1.807) is 22.2 Å². The average Bonchev–Trinajstić information content (AvgIpc) is 3.97. The zero-order chi connectivity index (χ0) is 38.8. The van der Waals surface area contributed by atoms with Crippen LogP contribution in [0.4, 0.5) is 9.59 Å². The highest BCUT2D eigenvalue weighted by molar-refractivity contribution is 5.86. The highest BCUT2D eigenvalue weighted by atomic mass is 16.7. The van der Waals surface area contributed by atoms with E-state index in [9.17, 15) is 19.2 Å². The molecule has 4 amide bonds. The van der Waals surface area contributed by atoms with Crippen molar-refractivity contribution in [2.24, 2.45) is 5.92 Å². The molecule has 1 atom stereocenters. The molecule has 2 aromatic heterocycles. The second-order valence-electron chi connectivity index (χ2n) is 13.1. The molecule has 288 valence electrons. The molecule has 0 radical (unpaired) electrons. The number of nitrogens with zero attached hydrogens (tertiary/aromatic N) is 4. The van der Waals surface area contributed by atoms with Gasteiger partial charge in [0.1, 0.15) is 24.2 Å². The van der Waals surface area contributed by atoms with Gasteiger partial charge in [0.15, 0.2) is 11.5 Å². The molecule has 0 saturated heterocycles. The molecule has 0 fully saturated rings. The molecule has 5 rings (SSSR count). The number of rotatable bonds is 16. The van der Waals surface area contributed by atoms with E-state index >= 15 is 0 Å². The van der Waals surface area contributed by atoms with E-state index in [1.165, 1.54) is 14.2 Å². The van der Waals surface area contributed by atoms with Crippen molar-refractivity contribution in [1.82, 2.24) is 40.4 Å². The second kappa shape index (κ2) is 18.1. The largest absolute Gasteiger partial charge is 0.453 e. The highest BCUT2D eigenvalue weighted by Crippen LogP contribution is 2.47. The summed E-state index contributed by atoms with van der Waals surface area (Å²) in [6, 6.07) is 11.1. The number of hydrogen-bond donors (Lipinski definition) is 4. The summed E-state index contributed by atoms with van der Waals surface area (Å²) in [7, 11) is 2.52. The molecule has 0 saturated carbocycles. The third kappa shape index (κ3) is 9.29. The number of imidazole rings is 2. The number of ether oxygens (including phenoxy) is 4. The number of amides is 4. The van der Waals surface area contributed by atoms with Crippen LogP contribution in [0.3, 0.4) is 0 Å². The maximum Gasteiger partial charge on any atom is 0.407 e. The van der Waals surface area contributed by atoms with E-state index < -0.39 is 18.2 Å². The van der Waals surface area contributed by atoms with Crippen molar-refractivity contribution in [2.75, 3.05) is 40.6 Å². The van der Waals surface area contributed by atoms with Gasteiger partial charge in [0, 0.05) is 24.2 Å². The van der Waals surface area contributed by atoms with Gasteiger partial charge in [0.25, 0.3) is 0 Å². The molecule has 54 heavy (non-hydrogen) atoms. The van der Waals surface area contributed by atoms with Crippen molar-refractivity contribution < 1.29 is 38.1 Å². The molecule has 2 aromatic carbocycles. The lowest BCUT2D eigenvalue weighted by atomic mass is 9.99. The molecule has 0 bridgehead atoms. The number of alkyl carbamates (subject to hydrolysis) is 2. The summed E-state index contributed by atoms with van der Waals surface area (Å²) in [5.41, 5.74) is 4.95. The fourth-order valence-corrected chi connectivity index (χ4v) is 6.12. The van der Waals surface area contributed by atoms with Crippen LogP contribution < -0.4 is 20.1 Å². The van der Waals surface area contributed by atoms with Gasteiger partial charge in [-0.15, -0.1) is 0 Å². The number of H-pyrrole nitrogens is 2. The second-order valence-corrected chi connectivity index (χ2v) is 13.1. The van der Waals surface area contributed by atoms with E-state index in [0.717, 1.165) is 40.8 Å². The molecule has 16 nitrogen and oxygen atoms in total. The molecule has 1 aliphatic heterocycles. The Labute approximate surface area is 313 Å². The van der Waals surface area contributed by atoms with Gasteiger partial charge >= 0.3 is 12.2 Å². The molecule has 16 heteroatoms. The number of fused-ring (bicyclic) bond motifs is 1. The quantitative estimate of drug-likeness (QED) is 0.120. The summed E-state index contributed by atoms with van der Waals surface area (Å²) in [6.07, 6.45) is 3.59. The molecule has 1 aliphatic rings. The summed E-state index contributed by atoms with van der Waals surface area (Å²) >= 11 is 0. The smallest absolute Gasteiger partial charge is 0.407 e. The zero-order valence-corrected chi connectivity index (χ0v) is 31.5. The molecule has 3 heterocycles. The monoisotopic (exact) mass is 744 g/mol. The van der Waals surface area contributed by atoms with Crippen molar-refractivity contribution >= 4 is 24.0 Å². The molecule has 0 unspecified atom stereocenters. The van der Waals surface area contributed by atoms with E-state index in [1.807, 2.05) is 64.1 Å². The summed E-state index contributed by atoms with van der Waals surface area (Å²) in [5.74, 6) is 1.80. The minimum atomic E-state index is -0.742. The first-order chi connectivity index (χ1) is 26.1. The Morgan fingerprint density at radius 2 is 1.33 bits per heavy atom. The van der Waals surface area contributed by atoms with E-state index in [-0.39, 0.29) is 44.2 Å². The fraction of sp³-hybridized carbons (Fsp3) is 0.421. The highest BCUT2D eigenvalue weighted by Gasteiger charge is 2.30. The Hall–Kier alpha value is -6.06. The summed E-state index contributed by atoms with van der Waals surface area (Å²) in [5, 5.41) is 5.09. The number of aromatic amines is 2. The first kappa shape index (κ1) is 39.2. The topological polar surface area (TPSA) is 193 Å². The Balaban J connectivity index is 1.29. The van der Waals surface area contributed by atoms with Gasteiger partial charge in [-0.1, -0.05) is 52.0 Å². The molecular weight excluding hydrogens is 696 g/mol. The van der Waals surface area contributed by atoms with Crippen LogP contribution in [0.1, 0.15) is 52.2 Å². The van der Waals surface area contributed by atoms with Crippen LogP contribution in [0.2, 0.25) is 0 Å². The van der Waals surface area contributed by atoms with Crippen molar-refractivity contribution in [3.05, 3.63) is 60.4 Å². The molecule has 4 N–H and O–H groups in total. The number of carbonyl (C=O) groups is 4. The molecule has 4 aromatic rings. The lowest BCUT2D eigenvalue weighted by Crippen LogP contribution is -2.51. The van der Waals surface area contributed by atoms with Crippen LogP contribution in [-0.4, -0.2) is 100 Å². The summed E-state index contributed by atoms with van der Waals surface area (Å²) in [4.78, 5) is 68.6. The Morgan fingerprint density at radius 1 is 0.778 bits per heavy atom. The van der Waals surface area contributed by atoms with Crippen LogP contribution in [0.5, 0.6) is 11.5 Å². The van der Waals surface area contributed by atoms with Gasteiger partial charge in [-0.25, -0.2) is 19.6 Å². The minimum Gasteiger partial charge on any atom is -0.453 e. The predicted octanol–water partition coefficient (Wildman–Crippen LogP) is 5.08. The van der Waals surface area contributed by atoms with Crippen LogP contribution in [0.15, 0.2) is 48.8 Å². The van der Waals surface area contributed by atoms with Gasteiger partial charge in [0.05, 0.1) is 51.1 Å². The third-order valence-electron chi connectivity index (χ3n) is 8.87. The predicted molar refractivity (Wildman–Crippen MR) is 199 cm³/mol. The Bertz CT molecular complexity index is 1920. The maximum absolute atomic E-state index is 13.5. The first-order valence-electron chi connectivity index (χ1n) is 17.9. The molecule has 0 spiro atoms. The van der Waals surface area contributed by atoms with Gasteiger partial charge < -0.3 is 49.3 Å². The average molecular weight is 745 g/mol. The maximum atomic E-state index is 13.5. The van der Waals surface area contributed by atoms with Crippen LogP contribution >= 0.6 is 0 Å². The van der Waals surface area contributed by atoms with Crippen molar-refractivity contribution in [3.63, 3.8) is 0 Å². The number of hydrogen-bond acceptors (Lipinski definition) is 10. The van der Waals surface area contributed by atoms with Crippen molar-refractivity contribution in [1.29, 1.82) is 0 Å². The Morgan fingerprint density at radius 3 is 1.96 bits per heavy atom. The SMILES string of the molecule is CCCN(Cc1ncc(-c2ccc(-c3ccc(-c4cnc(CN(CCC)C(=O)[C@@H](NC(=O)OC)C(C)C)[nH]4)c4c3OCO4)cc2)[nH]1)C(=O)CNC(=O)OC. The van der Waals surface area contributed by atoms with E-state index in [0.29, 0.717) is 41.9 Å². The number of benzene rings is 2. The van der Waals surface area contributed by atoms with Crippen LogP contribution in [-0.2, 0) is 32.2 Å². The number of nitrogens with one attached hydrogen (secondary N) is 4. The summed E-state index contributed by atoms with van der Waals surface area (Å²) in [6.45, 7) is 9.09. The van der Waals surface area contributed by atoms with Crippen molar-refractivity contribution in [2.45, 2.75) is 59.7 Å². The van der Waals surface area contributed by atoms with Gasteiger partial charge in [-0.05, 0) is 42.0 Å². The van der Waals surface area contributed by atoms with Gasteiger partial charge in [-0.2, -0.15) is 0 Å². The zero-order valence-electron chi connectivity index (χ0n) is 31.5. The molecular formula is C38H48N8O8. The minimum absolute atomic E-state index is 0.0637. The van der Waals surface area contributed by atoms with Crippen molar-refractivity contribution in [3.8, 4) is 45.1 Å². The van der Waals surface area contributed by atoms with E-state index in [2.05, 4.69) is 35.3 Å². The normalized spacial score (nSPS) is 12.3. The number of methoxy groups -OCH3 is 2. The first-order valence-corrected chi connectivity index (χ1v) is 17.9. The fourth-order valence-electron chi connectivity index (χ4n) is 6.12. The third-order valence-corrected chi connectivity index (χ3v) is 8.87. The van der Waals surface area contributed by atoms with Gasteiger partial charge in [-0.3, -0.25) is 9.59 Å². The lowest BCUT2D eigenvalue weighted by Gasteiger charge is -2.28. The lowest BCUT2D eigenvalue weighted by molar-refractivity contribution is -0.135. The number of carbonyl (C=O) groups excluding carboxylic acids is 4. The summed E-state index contributed by atoms with van der Waals surface area (Å²) < 4.78 is 21.2. The van der Waals surface area contributed by atoms with Gasteiger partial charge in [0.2, 0.25) is 18.6 Å². The van der Waals surface area contributed by atoms with Crippen LogP contribution in [0.25, 0.3) is 33.6 Å². The van der Waals surface area contributed by atoms with E-state index in [4.69, 9.17) is 14.2 Å². The van der Waals surface area contributed by atoms with Crippen LogP contribution in [0, 0.1) is 5.92 Å². The number of aromatic nitrogens is 4. The Kier molecular flexibility index (Phi) is 13.1. The standard InChI is InChI=1S/C38H48N8O8/c1-7-15-45(32(47)19-41-37(49)51-5)20-30-39-17-28(42-30)25-11-9-24(10-12-25)26-13-14-27(35-34(26)53-22-54-35)29-18-40-31(43-29)21-46(16-8-2)36(48)33(23(3)4)44-38(50)52-6/h9-14,17-18,23,33H,7-8,15-16,19-22H2,1-6H3,(H,39,42)(H,40,43)(H,41,49)(H,44,50)/t33-/m0/s1.